The maximum atomic E-state index is 13.7. The number of benzene rings is 2. The molecule has 0 aliphatic carbocycles. The molecule has 0 N–H and O–H groups in total. The lowest BCUT2D eigenvalue weighted by atomic mass is 10.0. The molecule has 0 saturated carbocycles. The Morgan fingerprint density at radius 2 is 1.46 bits per heavy atom. The Kier molecular flexibility index (Phi) is 5.14. The van der Waals surface area contributed by atoms with E-state index in [-0.39, 0.29) is 5.56 Å². The van der Waals surface area contributed by atoms with E-state index in [2.05, 4.69) is 16.7 Å². The van der Waals surface area contributed by atoms with Gasteiger partial charge in [-0.15, -0.1) is 0 Å². The molecule has 3 rings (SSSR count). The van der Waals surface area contributed by atoms with Crippen LogP contribution in [0, 0.1) is 18.6 Å². The molecule has 4 heteroatoms. The van der Waals surface area contributed by atoms with Gasteiger partial charge in [-0.1, -0.05) is 19.1 Å². The maximum Gasteiger partial charge on any atom is 0.129 e. The van der Waals surface area contributed by atoms with Crippen LogP contribution in [0.2, 0.25) is 0 Å². The molecule has 1 heterocycles. The SMILES string of the molecule is CCCN1CCN(c2ccc(-c3cc(F)c(C)c(F)c3)cc2)CC1. The average molecular weight is 330 g/mol. The minimum atomic E-state index is -0.499. The Morgan fingerprint density at radius 3 is 2.00 bits per heavy atom. The lowest BCUT2D eigenvalue weighted by Gasteiger charge is -2.36. The minimum Gasteiger partial charge on any atom is -0.369 e. The van der Waals surface area contributed by atoms with Crippen LogP contribution in [0.25, 0.3) is 11.1 Å². The molecule has 0 radical (unpaired) electrons. The molecule has 24 heavy (non-hydrogen) atoms. The molecule has 1 fully saturated rings. The summed E-state index contributed by atoms with van der Waals surface area (Å²) in [5.74, 6) is -0.998. The van der Waals surface area contributed by atoms with E-state index in [1.807, 2.05) is 24.3 Å². The highest BCUT2D eigenvalue weighted by atomic mass is 19.1. The number of halogens is 2. The monoisotopic (exact) mass is 330 g/mol. The first kappa shape index (κ1) is 16.9. The van der Waals surface area contributed by atoms with Crippen molar-refractivity contribution in [3.05, 3.63) is 53.6 Å². The Labute approximate surface area is 142 Å². The topological polar surface area (TPSA) is 6.48 Å². The van der Waals surface area contributed by atoms with Gasteiger partial charge in [0.25, 0.3) is 0 Å². The zero-order valence-corrected chi connectivity index (χ0v) is 14.4. The summed E-state index contributed by atoms with van der Waals surface area (Å²) in [5.41, 5.74) is 2.65. The van der Waals surface area contributed by atoms with Gasteiger partial charge in [-0.2, -0.15) is 0 Å². The predicted octanol–water partition coefficient (Wildman–Crippen LogP) is 4.47. The molecule has 0 spiro atoms. The normalized spacial score (nSPS) is 15.8. The van der Waals surface area contributed by atoms with E-state index >= 15 is 0 Å². The van der Waals surface area contributed by atoms with Crippen LogP contribution >= 0.6 is 0 Å². The number of hydrogen-bond acceptors (Lipinski definition) is 2. The standard InChI is InChI=1S/C20H24F2N2/c1-3-8-23-9-11-24(12-10-23)18-6-4-16(5-7-18)17-13-19(21)15(2)20(22)14-17/h4-7,13-14H,3,8-12H2,1-2H3. The van der Waals surface area contributed by atoms with Crippen molar-refractivity contribution < 1.29 is 8.78 Å². The van der Waals surface area contributed by atoms with Crippen molar-refractivity contribution in [2.45, 2.75) is 20.3 Å². The highest BCUT2D eigenvalue weighted by Crippen LogP contribution is 2.26. The molecule has 2 nitrogen and oxygen atoms in total. The molecule has 1 saturated heterocycles. The third-order valence-electron chi connectivity index (χ3n) is 4.76. The summed E-state index contributed by atoms with van der Waals surface area (Å²) < 4.78 is 27.5. The lowest BCUT2D eigenvalue weighted by Crippen LogP contribution is -2.46. The molecule has 0 amide bonds. The quantitative estimate of drug-likeness (QED) is 0.816. The van der Waals surface area contributed by atoms with Crippen molar-refractivity contribution in [1.29, 1.82) is 0 Å². The van der Waals surface area contributed by atoms with Gasteiger partial charge in [0, 0.05) is 37.4 Å². The zero-order valence-electron chi connectivity index (χ0n) is 14.4. The van der Waals surface area contributed by atoms with Crippen LogP contribution < -0.4 is 4.90 Å². The zero-order chi connectivity index (χ0) is 17.1. The highest BCUT2D eigenvalue weighted by Gasteiger charge is 2.16. The third-order valence-corrected chi connectivity index (χ3v) is 4.76. The van der Waals surface area contributed by atoms with Gasteiger partial charge in [0.15, 0.2) is 0 Å². The van der Waals surface area contributed by atoms with Gasteiger partial charge in [-0.05, 0) is 55.3 Å². The number of anilines is 1. The molecule has 1 aliphatic heterocycles. The summed E-state index contributed by atoms with van der Waals surface area (Å²) in [6.45, 7) is 9.04. The molecule has 0 aromatic heterocycles. The Bertz CT molecular complexity index is 666. The second-order valence-corrected chi connectivity index (χ2v) is 6.44. The molecule has 2 aromatic carbocycles. The van der Waals surface area contributed by atoms with E-state index in [4.69, 9.17) is 0 Å². The van der Waals surface area contributed by atoms with Crippen molar-refractivity contribution in [2.24, 2.45) is 0 Å². The number of rotatable bonds is 4. The predicted molar refractivity (Wildman–Crippen MR) is 95.5 cm³/mol. The van der Waals surface area contributed by atoms with Gasteiger partial charge in [0.2, 0.25) is 0 Å². The molecule has 1 aliphatic rings. The first-order valence-corrected chi connectivity index (χ1v) is 8.62. The lowest BCUT2D eigenvalue weighted by molar-refractivity contribution is 0.258. The van der Waals surface area contributed by atoms with Crippen LogP contribution in [0.15, 0.2) is 36.4 Å². The first-order valence-electron chi connectivity index (χ1n) is 8.62. The molecule has 0 atom stereocenters. The van der Waals surface area contributed by atoms with Crippen LogP contribution in [-0.2, 0) is 0 Å². The van der Waals surface area contributed by atoms with E-state index < -0.39 is 11.6 Å². The van der Waals surface area contributed by atoms with Crippen LogP contribution in [0.1, 0.15) is 18.9 Å². The summed E-state index contributed by atoms with van der Waals surface area (Å²) in [5, 5.41) is 0. The molecule has 128 valence electrons. The summed E-state index contributed by atoms with van der Waals surface area (Å²) >= 11 is 0. The summed E-state index contributed by atoms with van der Waals surface area (Å²) in [6, 6.07) is 10.8. The van der Waals surface area contributed by atoms with Gasteiger partial charge in [-0.3, -0.25) is 4.90 Å². The Hall–Kier alpha value is -1.94. The molecule has 0 bridgehead atoms. The van der Waals surface area contributed by atoms with Crippen molar-refractivity contribution in [2.75, 3.05) is 37.6 Å². The molecule has 0 unspecified atom stereocenters. The van der Waals surface area contributed by atoms with Crippen molar-refractivity contribution in [3.8, 4) is 11.1 Å². The minimum absolute atomic E-state index is 0.0697. The summed E-state index contributed by atoms with van der Waals surface area (Å²) in [4.78, 5) is 4.86. The summed E-state index contributed by atoms with van der Waals surface area (Å²) in [6.07, 6.45) is 1.19. The fourth-order valence-corrected chi connectivity index (χ4v) is 3.22. The highest BCUT2D eigenvalue weighted by molar-refractivity contribution is 5.67. The van der Waals surface area contributed by atoms with Gasteiger partial charge in [0.1, 0.15) is 11.6 Å². The van der Waals surface area contributed by atoms with E-state index in [0.717, 1.165) is 38.3 Å². The van der Waals surface area contributed by atoms with Crippen LogP contribution in [0.4, 0.5) is 14.5 Å². The first-order chi connectivity index (χ1) is 11.6. The van der Waals surface area contributed by atoms with Gasteiger partial charge < -0.3 is 4.90 Å². The van der Waals surface area contributed by atoms with E-state index in [1.54, 1.807) is 0 Å². The van der Waals surface area contributed by atoms with Crippen LogP contribution in [0.5, 0.6) is 0 Å². The largest absolute Gasteiger partial charge is 0.369 e. The van der Waals surface area contributed by atoms with Crippen molar-refractivity contribution >= 4 is 5.69 Å². The summed E-state index contributed by atoms with van der Waals surface area (Å²) in [7, 11) is 0. The van der Waals surface area contributed by atoms with E-state index in [0.29, 0.717) is 5.56 Å². The van der Waals surface area contributed by atoms with Crippen LogP contribution in [-0.4, -0.2) is 37.6 Å². The Morgan fingerprint density at radius 1 is 0.875 bits per heavy atom. The number of piperazine rings is 1. The van der Waals surface area contributed by atoms with Crippen LogP contribution in [0.3, 0.4) is 0 Å². The second kappa shape index (κ2) is 7.31. The number of nitrogens with zero attached hydrogens (tertiary/aromatic N) is 2. The van der Waals surface area contributed by atoms with E-state index in [9.17, 15) is 8.78 Å². The maximum absolute atomic E-state index is 13.7. The fourth-order valence-electron chi connectivity index (χ4n) is 3.22. The van der Waals surface area contributed by atoms with Crippen molar-refractivity contribution in [3.63, 3.8) is 0 Å². The second-order valence-electron chi connectivity index (χ2n) is 6.44. The van der Waals surface area contributed by atoms with Crippen molar-refractivity contribution in [1.82, 2.24) is 4.90 Å². The Balaban J connectivity index is 1.72. The fraction of sp³-hybridized carbons (Fsp3) is 0.400. The smallest absolute Gasteiger partial charge is 0.129 e. The third kappa shape index (κ3) is 3.59. The van der Waals surface area contributed by atoms with Gasteiger partial charge >= 0.3 is 0 Å². The molecule has 2 aromatic rings. The van der Waals surface area contributed by atoms with Gasteiger partial charge in [0.05, 0.1) is 0 Å². The molecular weight excluding hydrogens is 306 g/mol. The average Bonchev–Trinajstić information content (AvgIpc) is 2.60. The van der Waals surface area contributed by atoms with Gasteiger partial charge in [-0.25, -0.2) is 8.78 Å². The molecular formula is C20H24F2N2. The number of hydrogen-bond donors (Lipinski definition) is 0. The van der Waals surface area contributed by atoms with E-state index in [1.165, 1.54) is 31.2 Å².